The zero-order valence-electron chi connectivity index (χ0n) is 19.8. The molecule has 34 heavy (non-hydrogen) atoms. The number of ketones is 1. The second-order valence-electron chi connectivity index (χ2n) is 7.69. The number of Topliss-reactive ketones (excluding diaryl/α,β-unsaturated/α-hetero) is 1. The molecular weight excluding hydrogens is 438 g/mol. The van der Waals surface area contributed by atoms with Gasteiger partial charge in [0.05, 0.1) is 25.8 Å². The van der Waals surface area contributed by atoms with Gasteiger partial charge in [-0.1, -0.05) is 6.92 Å². The zero-order chi connectivity index (χ0) is 24.8. The van der Waals surface area contributed by atoms with Crippen molar-refractivity contribution >= 4 is 23.5 Å². The van der Waals surface area contributed by atoms with Gasteiger partial charge in [-0.2, -0.15) is 0 Å². The Balaban J connectivity index is 1.77. The van der Waals surface area contributed by atoms with Gasteiger partial charge in [-0.15, -0.1) is 0 Å². The van der Waals surface area contributed by atoms with E-state index >= 15 is 0 Å². The Morgan fingerprint density at radius 2 is 1.85 bits per heavy atom. The number of hydrogen-bond donors (Lipinski definition) is 2. The highest BCUT2D eigenvalue weighted by Crippen LogP contribution is 2.31. The van der Waals surface area contributed by atoms with E-state index in [1.54, 1.807) is 35.2 Å². The van der Waals surface area contributed by atoms with Crippen LogP contribution in [0.1, 0.15) is 51.3 Å². The predicted octanol–water partition coefficient (Wildman–Crippen LogP) is 2.58. The van der Waals surface area contributed by atoms with Crippen molar-refractivity contribution in [1.82, 2.24) is 10.2 Å². The number of amides is 1. The van der Waals surface area contributed by atoms with E-state index < -0.39 is 5.97 Å². The normalized spacial score (nSPS) is 12.2. The molecule has 1 heterocycles. The molecule has 1 aliphatic heterocycles. The summed E-state index contributed by atoms with van der Waals surface area (Å²) in [5, 5.41) is 11.2. The third-order valence-corrected chi connectivity index (χ3v) is 5.58. The molecule has 2 N–H and O–H groups in total. The Hall–Kier alpha value is -3.88. The molecule has 2 aromatic carbocycles. The third-order valence-electron chi connectivity index (χ3n) is 5.58. The van der Waals surface area contributed by atoms with Crippen molar-refractivity contribution in [1.29, 1.82) is 5.41 Å². The molecule has 0 fully saturated rings. The standard InChI is InChI=1S/C25H29N3O6/c1-5-15-9-16(7-8-21(15)34-14-23(30)32-4)20(29)13-28-12-17-10-22(33-6-2)19(25(31)27-3)11-18(17)24(28)26/h7-11,26H,5-6,12-14H2,1-4H3,(H,27,31). The maximum Gasteiger partial charge on any atom is 0.343 e. The van der Waals surface area contributed by atoms with E-state index in [0.717, 1.165) is 11.1 Å². The summed E-state index contributed by atoms with van der Waals surface area (Å²) < 4.78 is 15.7. The first-order valence-corrected chi connectivity index (χ1v) is 11.0. The Kier molecular flexibility index (Phi) is 7.88. The molecule has 0 aromatic heterocycles. The topological polar surface area (TPSA) is 118 Å². The van der Waals surface area contributed by atoms with E-state index in [9.17, 15) is 14.4 Å². The van der Waals surface area contributed by atoms with E-state index in [-0.39, 0.29) is 30.7 Å². The lowest BCUT2D eigenvalue weighted by atomic mass is 10.0. The van der Waals surface area contributed by atoms with Crippen LogP contribution in [0, 0.1) is 5.41 Å². The second-order valence-corrected chi connectivity index (χ2v) is 7.69. The quantitative estimate of drug-likeness (QED) is 0.407. The first kappa shape index (κ1) is 24.8. The number of nitrogens with one attached hydrogen (secondary N) is 2. The minimum atomic E-state index is -0.485. The van der Waals surface area contributed by atoms with Crippen molar-refractivity contribution in [2.75, 3.05) is 33.9 Å². The van der Waals surface area contributed by atoms with Gasteiger partial charge in [-0.3, -0.25) is 15.0 Å². The summed E-state index contributed by atoms with van der Waals surface area (Å²) in [6.07, 6.45) is 0.616. The average molecular weight is 468 g/mol. The summed E-state index contributed by atoms with van der Waals surface area (Å²) in [5.41, 5.74) is 3.08. The lowest BCUT2D eigenvalue weighted by Crippen LogP contribution is -2.30. The first-order valence-electron chi connectivity index (χ1n) is 11.0. The molecule has 0 aliphatic carbocycles. The van der Waals surface area contributed by atoms with Gasteiger partial charge in [0.2, 0.25) is 0 Å². The molecular formula is C25H29N3O6. The van der Waals surface area contributed by atoms with Crippen LogP contribution in [0.15, 0.2) is 30.3 Å². The molecule has 1 amide bonds. The van der Waals surface area contributed by atoms with E-state index in [4.69, 9.17) is 14.9 Å². The van der Waals surface area contributed by atoms with Crippen LogP contribution in [0.2, 0.25) is 0 Å². The number of nitrogens with zero attached hydrogens (tertiary/aromatic N) is 1. The van der Waals surface area contributed by atoms with Crippen molar-refractivity contribution in [2.24, 2.45) is 0 Å². The number of esters is 1. The van der Waals surface area contributed by atoms with Crippen molar-refractivity contribution in [3.8, 4) is 11.5 Å². The molecule has 0 unspecified atom stereocenters. The molecule has 2 aromatic rings. The van der Waals surface area contributed by atoms with Crippen molar-refractivity contribution in [2.45, 2.75) is 26.8 Å². The Bertz CT molecular complexity index is 1130. The summed E-state index contributed by atoms with van der Waals surface area (Å²) in [5.74, 6) is 0.234. The first-order chi connectivity index (χ1) is 16.3. The number of carbonyl (C=O) groups is 3. The largest absolute Gasteiger partial charge is 0.493 e. The van der Waals surface area contributed by atoms with Gasteiger partial charge in [-0.05, 0) is 54.8 Å². The van der Waals surface area contributed by atoms with Crippen LogP contribution >= 0.6 is 0 Å². The number of carbonyl (C=O) groups excluding carboxylic acids is 3. The van der Waals surface area contributed by atoms with Crippen LogP contribution in [0.4, 0.5) is 0 Å². The summed E-state index contributed by atoms with van der Waals surface area (Å²) in [6, 6.07) is 8.49. The Labute approximate surface area is 198 Å². The number of benzene rings is 2. The molecule has 0 saturated carbocycles. The molecule has 0 bridgehead atoms. The van der Waals surface area contributed by atoms with Crippen molar-refractivity contribution in [3.05, 3.63) is 58.1 Å². The van der Waals surface area contributed by atoms with Crippen LogP contribution in [0.25, 0.3) is 0 Å². The van der Waals surface area contributed by atoms with Gasteiger partial charge in [0.15, 0.2) is 12.4 Å². The highest BCUT2D eigenvalue weighted by atomic mass is 16.6. The van der Waals surface area contributed by atoms with Gasteiger partial charge >= 0.3 is 5.97 Å². The van der Waals surface area contributed by atoms with Crippen molar-refractivity contribution < 1.29 is 28.6 Å². The van der Waals surface area contributed by atoms with E-state index in [1.807, 2.05) is 13.8 Å². The fourth-order valence-corrected chi connectivity index (χ4v) is 3.78. The maximum absolute atomic E-state index is 13.0. The number of methoxy groups -OCH3 is 1. The zero-order valence-corrected chi connectivity index (χ0v) is 19.8. The summed E-state index contributed by atoms with van der Waals surface area (Å²) in [4.78, 5) is 38.3. The third kappa shape index (κ3) is 5.19. The van der Waals surface area contributed by atoms with Crippen LogP contribution in [0.3, 0.4) is 0 Å². The lowest BCUT2D eigenvalue weighted by molar-refractivity contribution is -0.142. The number of hydrogen-bond acceptors (Lipinski definition) is 7. The van der Waals surface area contributed by atoms with E-state index in [0.29, 0.717) is 47.8 Å². The SMILES string of the molecule is CCOc1cc2c(cc1C(=O)NC)C(=N)N(CC(=O)c1ccc(OCC(=O)OC)c(CC)c1)C2. The molecule has 9 heteroatoms. The van der Waals surface area contributed by atoms with Crippen molar-refractivity contribution in [3.63, 3.8) is 0 Å². The van der Waals surface area contributed by atoms with Gasteiger partial charge in [0.25, 0.3) is 5.91 Å². The van der Waals surface area contributed by atoms with E-state index in [1.165, 1.54) is 14.2 Å². The molecule has 0 spiro atoms. The minimum Gasteiger partial charge on any atom is -0.493 e. The van der Waals surface area contributed by atoms with Gasteiger partial charge in [-0.25, -0.2) is 4.79 Å². The molecule has 1 aliphatic rings. The number of fused-ring (bicyclic) bond motifs is 1. The second kappa shape index (κ2) is 10.8. The Morgan fingerprint density at radius 3 is 2.50 bits per heavy atom. The summed E-state index contributed by atoms with van der Waals surface area (Å²) in [6.45, 7) is 4.35. The van der Waals surface area contributed by atoms with Crippen LogP contribution in [-0.2, 0) is 22.5 Å². The molecule has 0 atom stereocenters. The van der Waals surface area contributed by atoms with Gasteiger partial charge in [0, 0.05) is 24.7 Å². The Morgan fingerprint density at radius 1 is 1.09 bits per heavy atom. The maximum atomic E-state index is 13.0. The van der Waals surface area contributed by atoms with Crippen LogP contribution < -0.4 is 14.8 Å². The average Bonchev–Trinajstić information content (AvgIpc) is 3.15. The lowest BCUT2D eigenvalue weighted by Gasteiger charge is -2.17. The predicted molar refractivity (Wildman–Crippen MR) is 126 cm³/mol. The van der Waals surface area contributed by atoms with Gasteiger partial charge in [0.1, 0.15) is 17.3 Å². The minimum absolute atomic E-state index is 0.0122. The summed E-state index contributed by atoms with van der Waals surface area (Å²) >= 11 is 0. The number of aryl methyl sites for hydroxylation is 1. The van der Waals surface area contributed by atoms with Crippen LogP contribution in [-0.4, -0.2) is 62.3 Å². The molecule has 9 nitrogen and oxygen atoms in total. The van der Waals surface area contributed by atoms with E-state index in [2.05, 4.69) is 10.1 Å². The fourth-order valence-electron chi connectivity index (χ4n) is 3.78. The smallest absolute Gasteiger partial charge is 0.343 e. The molecule has 3 rings (SSSR count). The number of amidine groups is 1. The van der Waals surface area contributed by atoms with Gasteiger partial charge < -0.3 is 24.4 Å². The number of ether oxygens (including phenoxy) is 3. The fraction of sp³-hybridized carbons (Fsp3) is 0.360. The molecule has 0 radical (unpaired) electrons. The highest BCUT2D eigenvalue weighted by molar-refractivity contribution is 6.07. The highest BCUT2D eigenvalue weighted by Gasteiger charge is 2.29. The monoisotopic (exact) mass is 467 g/mol. The number of rotatable bonds is 10. The molecule has 0 saturated heterocycles. The van der Waals surface area contributed by atoms with Crippen LogP contribution in [0.5, 0.6) is 11.5 Å². The summed E-state index contributed by atoms with van der Waals surface area (Å²) in [7, 11) is 2.83. The molecule has 180 valence electrons.